The molecule has 0 aliphatic carbocycles. The SMILES string of the molecule is CCCCCCCCCCCCCCCCCCCCCCCC(=O)O[C@H](COCCCCCCCCCCCCCCCCCCCC)COP(=O)(O)O. The Morgan fingerprint density at radius 1 is 0.418 bits per heavy atom. The number of rotatable bonds is 47. The molecule has 0 saturated carbocycles. The van der Waals surface area contributed by atoms with Crippen LogP contribution in [0.4, 0.5) is 0 Å². The van der Waals surface area contributed by atoms with Gasteiger partial charge >= 0.3 is 13.8 Å². The quantitative estimate of drug-likeness (QED) is 0.0359. The first-order chi connectivity index (χ1) is 26.9. The number of phosphoric acid groups is 1. The minimum Gasteiger partial charge on any atom is -0.457 e. The average molecular weight is 803 g/mol. The van der Waals surface area contributed by atoms with E-state index in [0.717, 1.165) is 32.1 Å². The van der Waals surface area contributed by atoms with Gasteiger partial charge in [0, 0.05) is 13.0 Å². The van der Waals surface area contributed by atoms with Crippen molar-refractivity contribution in [1.29, 1.82) is 0 Å². The zero-order chi connectivity index (χ0) is 40.2. The van der Waals surface area contributed by atoms with Crippen LogP contribution in [0.5, 0.6) is 0 Å². The molecule has 330 valence electrons. The minimum atomic E-state index is -4.65. The molecule has 0 aromatic rings. The molecule has 0 aromatic carbocycles. The number of hydrogen-bond acceptors (Lipinski definition) is 5. The molecule has 1 atom stereocenters. The summed E-state index contributed by atoms with van der Waals surface area (Å²) in [7, 11) is -4.65. The molecule has 2 N–H and O–H groups in total. The van der Waals surface area contributed by atoms with Gasteiger partial charge in [0.05, 0.1) is 13.2 Å². The van der Waals surface area contributed by atoms with Gasteiger partial charge in [-0.15, -0.1) is 0 Å². The minimum absolute atomic E-state index is 0.0873. The molecule has 0 fully saturated rings. The van der Waals surface area contributed by atoms with Crippen LogP contribution in [0.3, 0.4) is 0 Å². The highest BCUT2D eigenvalue weighted by Gasteiger charge is 2.21. The maximum absolute atomic E-state index is 12.5. The van der Waals surface area contributed by atoms with Gasteiger partial charge in [-0.3, -0.25) is 9.32 Å². The van der Waals surface area contributed by atoms with Crippen LogP contribution in [-0.2, 0) is 23.4 Å². The van der Waals surface area contributed by atoms with Gasteiger partial charge in [-0.25, -0.2) is 4.57 Å². The van der Waals surface area contributed by atoms with E-state index in [9.17, 15) is 9.36 Å². The van der Waals surface area contributed by atoms with Gasteiger partial charge in [-0.05, 0) is 12.8 Å². The van der Waals surface area contributed by atoms with E-state index in [-0.39, 0.29) is 19.2 Å². The smallest absolute Gasteiger partial charge is 0.457 e. The van der Waals surface area contributed by atoms with Crippen molar-refractivity contribution < 1.29 is 33.1 Å². The van der Waals surface area contributed by atoms with Crippen molar-refractivity contribution in [2.75, 3.05) is 19.8 Å². The number of carbonyl (C=O) groups is 1. The van der Waals surface area contributed by atoms with E-state index in [1.807, 2.05) is 0 Å². The Hall–Kier alpha value is -0.460. The van der Waals surface area contributed by atoms with Crippen molar-refractivity contribution in [1.82, 2.24) is 0 Å². The molecular formula is C47H95O7P. The van der Waals surface area contributed by atoms with Crippen LogP contribution in [0.25, 0.3) is 0 Å². The molecule has 0 aliphatic heterocycles. The van der Waals surface area contributed by atoms with Crippen molar-refractivity contribution in [3.8, 4) is 0 Å². The Morgan fingerprint density at radius 2 is 0.691 bits per heavy atom. The van der Waals surface area contributed by atoms with Crippen LogP contribution in [0.15, 0.2) is 0 Å². The van der Waals surface area contributed by atoms with Crippen molar-refractivity contribution in [2.24, 2.45) is 0 Å². The van der Waals surface area contributed by atoms with Gasteiger partial charge in [0.25, 0.3) is 0 Å². The number of unbranched alkanes of at least 4 members (excludes halogenated alkanes) is 37. The van der Waals surface area contributed by atoms with Crippen molar-refractivity contribution >= 4 is 13.8 Å². The van der Waals surface area contributed by atoms with Gasteiger partial charge in [-0.1, -0.05) is 251 Å². The van der Waals surface area contributed by atoms with Crippen LogP contribution in [0.2, 0.25) is 0 Å². The second-order valence-corrected chi connectivity index (χ2v) is 18.0. The largest absolute Gasteiger partial charge is 0.469 e. The normalized spacial score (nSPS) is 12.4. The Balaban J connectivity index is 3.67. The molecule has 0 rings (SSSR count). The standard InChI is InChI=1S/C47H95O7P/c1-3-5-7-9-11-13-15-17-19-21-23-24-25-26-28-30-32-34-36-38-40-42-47(48)54-46(45-53-55(49,50)51)44-52-43-41-39-37-35-33-31-29-27-22-20-18-16-14-12-10-8-6-4-2/h46H,3-45H2,1-2H3,(H2,49,50,51)/t46-/m1/s1. The molecule has 8 heteroatoms. The maximum atomic E-state index is 12.5. The summed E-state index contributed by atoms with van der Waals surface area (Å²) < 4.78 is 27.1. The predicted octanol–water partition coefficient (Wildman–Crippen LogP) is 15.7. The summed E-state index contributed by atoms with van der Waals surface area (Å²) >= 11 is 0. The second-order valence-electron chi connectivity index (χ2n) is 16.8. The third-order valence-corrected chi connectivity index (χ3v) is 11.6. The predicted molar refractivity (Wildman–Crippen MR) is 235 cm³/mol. The Bertz CT molecular complexity index is 804. The Morgan fingerprint density at radius 3 is 0.982 bits per heavy atom. The molecule has 7 nitrogen and oxygen atoms in total. The van der Waals surface area contributed by atoms with Crippen LogP contribution in [-0.4, -0.2) is 41.7 Å². The van der Waals surface area contributed by atoms with Crippen molar-refractivity contribution in [3.05, 3.63) is 0 Å². The average Bonchev–Trinajstić information content (AvgIpc) is 3.16. The van der Waals surface area contributed by atoms with Crippen molar-refractivity contribution in [2.45, 2.75) is 277 Å². The molecule has 0 aliphatic rings. The van der Waals surface area contributed by atoms with Gasteiger partial charge < -0.3 is 19.3 Å². The fourth-order valence-corrected chi connectivity index (χ4v) is 7.92. The van der Waals surface area contributed by atoms with Crippen LogP contribution < -0.4 is 0 Å². The fraction of sp³-hybridized carbons (Fsp3) is 0.979. The Kier molecular flexibility index (Phi) is 44.3. The summed E-state index contributed by atoms with van der Waals surface area (Å²) in [6.07, 6.45) is 51.1. The molecule has 0 bridgehead atoms. The lowest BCUT2D eigenvalue weighted by Crippen LogP contribution is -2.28. The molecule has 0 saturated heterocycles. The third kappa shape index (κ3) is 47.8. The molecule has 0 spiro atoms. The molecule has 0 radical (unpaired) electrons. The van der Waals surface area contributed by atoms with E-state index in [0.29, 0.717) is 13.0 Å². The lowest BCUT2D eigenvalue weighted by molar-refractivity contribution is -0.154. The van der Waals surface area contributed by atoms with E-state index in [4.69, 9.17) is 19.3 Å². The van der Waals surface area contributed by atoms with Crippen LogP contribution in [0, 0.1) is 0 Å². The first-order valence-electron chi connectivity index (χ1n) is 24.4. The highest BCUT2D eigenvalue weighted by Crippen LogP contribution is 2.36. The van der Waals surface area contributed by atoms with Gasteiger partial charge in [-0.2, -0.15) is 0 Å². The highest BCUT2D eigenvalue weighted by molar-refractivity contribution is 7.46. The molecule has 55 heavy (non-hydrogen) atoms. The third-order valence-electron chi connectivity index (χ3n) is 11.2. The molecule has 0 amide bonds. The number of carbonyl (C=O) groups excluding carboxylic acids is 1. The van der Waals surface area contributed by atoms with E-state index in [2.05, 4.69) is 18.4 Å². The zero-order valence-corrected chi connectivity index (χ0v) is 37.8. The molecule has 0 unspecified atom stereocenters. The molecule has 0 heterocycles. The topological polar surface area (TPSA) is 102 Å². The van der Waals surface area contributed by atoms with E-state index in [1.165, 1.54) is 218 Å². The fourth-order valence-electron chi connectivity index (χ4n) is 7.56. The van der Waals surface area contributed by atoms with E-state index >= 15 is 0 Å². The van der Waals surface area contributed by atoms with Crippen LogP contribution >= 0.6 is 7.82 Å². The zero-order valence-electron chi connectivity index (χ0n) is 36.9. The van der Waals surface area contributed by atoms with E-state index < -0.39 is 13.9 Å². The monoisotopic (exact) mass is 803 g/mol. The lowest BCUT2D eigenvalue weighted by atomic mass is 10.0. The first kappa shape index (κ1) is 54.5. The number of phosphoric ester groups is 1. The van der Waals surface area contributed by atoms with Gasteiger partial charge in [0.1, 0.15) is 6.10 Å². The number of esters is 1. The van der Waals surface area contributed by atoms with Crippen molar-refractivity contribution in [3.63, 3.8) is 0 Å². The lowest BCUT2D eigenvalue weighted by Gasteiger charge is -2.18. The van der Waals surface area contributed by atoms with E-state index in [1.54, 1.807) is 0 Å². The second kappa shape index (κ2) is 44.6. The van der Waals surface area contributed by atoms with Gasteiger partial charge in [0.2, 0.25) is 0 Å². The summed E-state index contributed by atoms with van der Waals surface area (Å²) in [4.78, 5) is 30.7. The maximum Gasteiger partial charge on any atom is 0.469 e. The highest BCUT2D eigenvalue weighted by atomic mass is 31.2. The van der Waals surface area contributed by atoms with Crippen LogP contribution in [0.1, 0.15) is 271 Å². The van der Waals surface area contributed by atoms with Gasteiger partial charge in [0.15, 0.2) is 0 Å². The number of hydrogen-bond donors (Lipinski definition) is 2. The summed E-state index contributed by atoms with van der Waals surface area (Å²) in [5, 5.41) is 0. The first-order valence-corrected chi connectivity index (χ1v) is 25.9. The summed E-state index contributed by atoms with van der Waals surface area (Å²) in [6, 6.07) is 0. The Labute approximate surface area is 342 Å². The summed E-state index contributed by atoms with van der Waals surface area (Å²) in [5.74, 6) is -0.353. The number of ether oxygens (including phenoxy) is 2. The molecular weight excluding hydrogens is 707 g/mol. The molecule has 0 aromatic heterocycles. The summed E-state index contributed by atoms with van der Waals surface area (Å²) in [6.45, 7) is 4.83. The summed E-state index contributed by atoms with van der Waals surface area (Å²) in [5.41, 5.74) is 0.